The van der Waals surface area contributed by atoms with Gasteiger partial charge in [0.1, 0.15) is 11.6 Å². The lowest BCUT2D eigenvalue weighted by atomic mass is 10.3. The second-order valence-corrected chi connectivity index (χ2v) is 3.39. The fraction of sp³-hybridized carbons (Fsp3) is 0.556. The average Bonchev–Trinajstić information content (AvgIpc) is 2.67. The van der Waals surface area contributed by atoms with Gasteiger partial charge in [0.15, 0.2) is 0 Å². The van der Waals surface area contributed by atoms with Crippen LogP contribution >= 0.6 is 0 Å². The van der Waals surface area contributed by atoms with E-state index in [1.54, 1.807) is 19.5 Å². The molecule has 0 unspecified atom stereocenters. The van der Waals surface area contributed by atoms with Crippen molar-refractivity contribution < 1.29 is 4.74 Å². The third-order valence-corrected chi connectivity index (χ3v) is 2.46. The number of nitrogen functional groups attached to an aromatic ring is 1. The van der Waals surface area contributed by atoms with Crippen LogP contribution in [0.25, 0.3) is 0 Å². The molecule has 14 heavy (non-hydrogen) atoms. The molecule has 1 atom stereocenters. The summed E-state index contributed by atoms with van der Waals surface area (Å²) < 4.78 is 5.27. The standard InChI is InChI=1S/C9H14N4O/c1-14-7-2-3-13(6-7)9-5-11-8(10)4-12-9/h4-5,7H,2-3,6H2,1H3,(H2,10,11)/t7-/m1/s1. The fourth-order valence-corrected chi connectivity index (χ4v) is 1.62. The zero-order valence-electron chi connectivity index (χ0n) is 8.18. The van der Waals surface area contributed by atoms with E-state index in [1.807, 2.05) is 0 Å². The number of hydrogen-bond donors (Lipinski definition) is 1. The van der Waals surface area contributed by atoms with Gasteiger partial charge in [-0.3, -0.25) is 0 Å². The normalized spacial score (nSPS) is 21.5. The van der Waals surface area contributed by atoms with Gasteiger partial charge < -0.3 is 15.4 Å². The number of ether oxygens (including phenoxy) is 1. The van der Waals surface area contributed by atoms with Crippen LogP contribution in [0, 0.1) is 0 Å². The van der Waals surface area contributed by atoms with Crippen molar-refractivity contribution in [2.45, 2.75) is 12.5 Å². The lowest BCUT2D eigenvalue weighted by Crippen LogP contribution is -2.23. The second kappa shape index (κ2) is 3.79. The van der Waals surface area contributed by atoms with E-state index in [1.165, 1.54) is 0 Å². The van der Waals surface area contributed by atoms with E-state index in [4.69, 9.17) is 10.5 Å². The first-order valence-electron chi connectivity index (χ1n) is 4.65. The number of nitrogens with zero attached hydrogens (tertiary/aromatic N) is 3. The Morgan fingerprint density at radius 2 is 2.36 bits per heavy atom. The molecule has 0 bridgehead atoms. The van der Waals surface area contributed by atoms with Gasteiger partial charge in [0.25, 0.3) is 0 Å². The van der Waals surface area contributed by atoms with Gasteiger partial charge in [0, 0.05) is 20.2 Å². The molecule has 1 aliphatic rings. The highest BCUT2D eigenvalue weighted by atomic mass is 16.5. The van der Waals surface area contributed by atoms with Crippen LogP contribution < -0.4 is 10.6 Å². The van der Waals surface area contributed by atoms with Crippen LogP contribution in [0.3, 0.4) is 0 Å². The van der Waals surface area contributed by atoms with Crippen LogP contribution in [0.5, 0.6) is 0 Å². The first-order chi connectivity index (χ1) is 6.79. The van der Waals surface area contributed by atoms with Crippen LogP contribution in [0.4, 0.5) is 11.6 Å². The van der Waals surface area contributed by atoms with Gasteiger partial charge in [-0.25, -0.2) is 9.97 Å². The smallest absolute Gasteiger partial charge is 0.147 e. The third kappa shape index (κ3) is 1.77. The molecular weight excluding hydrogens is 180 g/mol. The van der Waals surface area contributed by atoms with Crippen molar-refractivity contribution in [2.75, 3.05) is 30.8 Å². The number of anilines is 2. The van der Waals surface area contributed by atoms with Gasteiger partial charge in [-0.15, -0.1) is 0 Å². The molecule has 2 rings (SSSR count). The molecule has 0 aliphatic carbocycles. The molecule has 1 fully saturated rings. The first kappa shape index (κ1) is 9.21. The largest absolute Gasteiger partial charge is 0.382 e. The SMILES string of the molecule is CO[C@@H]1CCN(c2cnc(N)cn2)C1. The van der Waals surface area contributed by atoms with Crippen LogP contribution in [0.1, 0.15) is 6.42 Å². The summed E-state index contributed by atoms with van der Waals surface area (Å²) in [5.74, 6) is 1.33. The summed E-state index contributed by atoms with van der Waals surface area (Å²) in [5.41, 5.74) is 5.46. The highest BCUT2D eigenvalue weighted by molar-refractivity contribution is 5.40. The molecular formula is C9H14N4O. The van der Waals surface area contributed by atoms with E-state index >= 15 is 0 Å². The maximum absolute atomic E-state index is 5.46. The van der Waals surface area contributed by atoms with Crippen LogP contribution in [-0.2, 0) is 4.74 Å². The van der Waals surface area contributed by atoms with Crippen molar-refractivity contribution in [3.8, 4) is 0 Å². The minimum Gasteiger partial charge on any atom is -0.382 e. The zero-order valence-corrected chi connectivity index (χ0v) is 8.18. The molecule has 0 aromatic carbocycles. The lowest BCUT2D eigenvalue weighted by molar-refractivity contribution is 0.121. The number of methoxy groups -OCH3 is 1. The van der Waals surface area contributed by atoms with Gasteiger partial charge in [0.2, 0.25) is 0 Å². The Hall–Kier alpha value is -1.36. The Kier molecular flexibility index (Phi) is 2.49. The Morgan fingerprint density at radius 1 is 1.50 bits per heavy atom. The predicted molar refractivity (Wildman–Crippen MR) is 54.1 cm³/mol. The van der Waals surface area contributed by atoms with Crippen LogP contribution in [0.15, 0.2) is 12.4 Å². The summed E-state index contributed by atoms with van der Waals surface area (Å²) in [6.07, 6.45) is 4.64. The molecule has 76 valence electrons. The van der Waals surface area contributed by atoms with Crippen LogP contribution in [-0.4, -0.2) is 36.3 Å². The quantitative estimate of drug-likeness (QED) is 0.732. The molecule has 0 amide bonds. The first-order valence-corrected chi connectivity index (χ1v) is 4.65. The topological polar surface area (TPSA) is 64.3 Å². The summed E-state index contributed by atoms with van der Waals surface area (Å²) >= 11 is 0. The van der Waals surface area contributed by atoms with E-state index in [-0.39, 0.29) is 0 Å². The maximum atomic E-state index is 5.46. The van der Waals surface area contributed by atoms with Gasteiger partial charge in [0.05, 0.1) is 18.5 Å². The summed E-state index contributed by atoms with van der Waals surface area (Å²) in [6, 6.07) is 0. The van der Waals surface area contributed by atoms with E-state index in [0.29, 0.717) is 11.9 Å². The summed E-state index contributed by atoms with van der Waals surface area (Å²) in [4.78, 5) is 10.4. The Morgan fingerprint density at radius 3 is 2.93 bits per heavy atom. The highest BCUT2D eigenvalue weighted by Crippen LogP contribution is 2.18. The van der Waals surface area contributed by atoms with E-state index < -0.39 is 0 Å². The Bertz CT molecular complexity index is 300. The molecule has 5 nitrogen and oxygen atoms in total. The summed E-state index contributed by atoms with van der Waals surface area (Å²) in [7, 11) is 1.74. The summed E-state index contributed by atoms with van der Waals surface area (Å²) in [6.45, 7) is 1.85. The molecule has 1 aromatic heterocycles. The van der Waals surface area contributed by atoms with Crippen molar-refractivity contribution >= 4 is 11.6 Å². The van der Waals surface area contributed by atoms with Crippen molar-refractivity contribution in [3.05, 3.63) is 12.4 Å². The molecule has 0 radical (unpaired) electrons. The fourth-order valence-electron chi connectivity index (χ4n) is 1.62. The monoisotopic (exact) mass is 194 g/mol. The van der Waals surface area contributed by atoms with Gasteiger partial charge in [-0.2, -0.15) is 0 Å². The highest BCUT2D eigenvalue weighted by Gasteiger charge is 2.22. The zero-order chi connectivity index (χ0) is 9.97. The number of aromatic nitrogens is 2. The minimum atomic E-state index is 0.314. The van der Waals surface area contributed by atoms with E-state index in [9.17, 15) is 0 Å². The van der Waals surface area contributed by atoms with Gasteiger partial charge in [-0.1, -0.05) is 0 Å². The third-order valence-electron chi connectivity index (χ3n) is 2.46. The molecule has 1 aliphatic heterocycles. The van der Waals surface area contributed by atoms with Crippen molar-refractivity contribution in [3.63, 3.8) is 0 Å². The average molecular weight is 194 g/mol. The van der Waals surface area contributed by atoms with Crippen molar-refractivity contribution in [2.24, 2.45) is 0 Å². The Labute approximate surface area is 82.9 Å². The van der Waals surface area contributed by atoms with E-state index in [2.05, 4.69) is 14.9 Å². The number of hydrogen-bond acceptors (Lipinski definition) is 5. The molecule has 0 spiro atoms. The molecule has 2 heterocycles. The van der Waals surface area contributed by atoms with Crippen LogP contribution in [0.2, 0.25) is 0 Å². The molecule has 2 N–H and O–H groups in total. The molecule has 1 saturated heterocycles. The van der Waals surface area contributed by atoms with E-state index in [0.717, 1.165) is 25.3 Å². The molecule has 5 heteroatoms. The second-order valence-electron chi connectivity index (χ2n) is 3.39. The van der Waals surface area contributed by atoms with Gasteiger partial charge in [-0.05, 0) is 6.42 Å². The molecule has 0 saturated carbocycles. The predicted octanol–water partition coefficient (Wildman–Crippen LogP) is 0.284. The van der Waals surface area contributed by atoms with Crippen molar-refractivity contribution in [1.29, 1.82) is 0 Å². The number of nitrogens with two attached hydrogens (primary N) is 1. The number of rotatable bonds is 2. The lowest BCUT2D eigenvalue weighted by Gasteiger charge is -2.16. The maximum Gasteiger partial charge on any atom is 0.147 e. The Balaban J connectivity index is 2.06. The molecule has 1 aromatic rings. The van der Waals surface area contributed by atoms with Gasteiger partial charge >= 0.3 is 0 Å². The minimum absolute atomic E-state index is 0.314. The summed E-state index contributed by atoms with van der Waals surface area (Å²) in [5, 5.41) is 0. The van der Waals surface area contributed by atoms with Crippen molar-refractivity contribution in [1.82, 2.24) is 9.97 Å².